The Morgan fingerprint density at radius 3 is 2.55 bits per heavy atom. The molecule has 1 aliphatic carbocycles. The van der Waals surface area contributed by atoms with E-state index in [0.717, 1.165) is 32.4 Å². The van der Waals surface area contributed by atoms with E-state index in [1.807, 2.05) is 7.05 Å². The van der Waals surface area contributed by atoms with E-state index in [2.05, 4.69) is 24.1 Å². The molecule has 1 aliphatic heterocycles. The van der Waals surface area contributed by atoms with E-state index in [1.54, 1.807) is 0 Å². The number of nitrogens with zero attached hydrogens (tertiary/aromatic N) is 1. The van der Waals surface area contributed by atoms with E-state index < -0.39 is 0 Å². The molecule has 0 spiro atoms. The molecule has 0 bridgehead atoms. The average molecular weight is 280 g/mol. The third-order valence-corrected chi connectivity index (χ3v) is 5.14. The van der Waals surface area contributed by atoms with Crippen molar-refractivity contribution in [2.24, 2.45) is 11.3 Å². The fraction of sp³-hybridized carbons (Fsp3) is 0.941. The number of hydrogen-bond donors (Lipinski definition) is 1. The summed E-state index contributed by atoms with van der Waals surface area (Å²) in [6.45, 7) is 6.44. The number of piperidine rings is 1. The standard InChI is InChI=1S/C17H32N2O/c1-14(2)12-17(9-5-6-10-17)16(20)19-11-7-4-8-15(19)13-18-3/h14-15,18H,4-13H2,1-3H3. The lowest BCUT2D eigenvalue weighted by atomic mass is 9.76. The molecule has 3 heteroatoms. The van der Waals surface area contributed by atoms with Crippen molar-refractivity contribution in [2.45, 2.75) is 71.3 Å². The van der Waals surface area contributed by atoms with Gasteiger partial charge in [0.25, 0.3) is 0 Å². The molecular formula is C17H32N2O. The van der Waals surface area contributed by atoms with Crippen LogP contribution in [-0.4, -0.2) is 37.0 Å². The zero-order valence-corrected chi connectivity index (χ0v) is 13.6. The Morgan fingerprint density at radius 2 is 1.95 bits per heavy atom. The van der Waals surface area contributed by atoms with Crippen molar-refractivity contribution in [3.05, 3.63) is 0 Å². The van der Waals surface area contributed by atoms with Crippen LogP contribution in [0.2, 0.25) is 0 Å². The highest BCUT2D eigenvalue weighted by molar-refractivity contribution is 5.83. The maximum atomic E-state index is 13.2. The smallest absolute Gasteiger partial charge is 0.229 e. The van der Waals surface area contributed by atoms with Crippen LogP contribution < -0.4 is 5.32 Å². The minimum atomic E-state index is -0.0303. The predicted octanol–water partition coefficient (Wildman–Crippen LogP) is 3.19. The SMILES string of the molecule is CNCC1CCCCN1C(=O)C1(CC(C)C)CCCC1. The van der Waals surface area contributed by atoms with Gasteiger partial charge in [0.2, 0.25) is 5.91 Å². The van der Waals surface area contributed by atoms with Gasteiger partial charge in [-0.2, -0.15) is 0 Å². The molecule has 20 heavy (non-hydrogen) atoms. The second kappa shape index (κ2) is 6.93. The zero-order valence-electron chi connectivity index (χ0n) is 13.6. The molecule has 1 N–H and O–H groups in total. The highest BCUT2D eigenvalue weighted by atomic mass is 16.2. The largest absolute Gasteiger partial charge is 0.338 e. The van der Waals surface area contributed by atoms with E-state index in [0.29, 0.717) is 17.9 Å². The summed E-state index contributed by atoms with van der Waals surface area (Å²) in [7, 11) is 2.00. The lowest BCUT2D eigenvalue weighted by Crippen LogP contribution is -2.53. The Hall–Kier alpha value is -0.570. The van der Waals surface area contributed by atoms with Crippen LogP contribution in [0, 0.1) is 11.3 Å². The molecular weight excluding hydrogens is 248 g/mol. The van der Waals surface area contributed by atoms with Crippen LogP contribution in [-0.2, 0) is 4.79 Å². The Morgan fingerprint density at radius 1 is 1.25 bits per heavy atom. The lowest BCUT2D eigenvalue weighted by molar-refractivity contribution is -0.146. The summed E-state index contributed by atoms with van der Waals surface area (Å²) in [6.07, 6.45) is 9.42. The molecule has 0 aromatic heterocycles. The first kappa shape index (κ1) is 15.8. The molecule has 116 valence electrons. The van der Waals surface area contributed by atoms with Crippen LogP contribution in [0.15, 0.2) is 0 Å². The topological polar surface area (TPSA) is 32.3 Å². The van der Waals surface area contributed by atoms with E-state index >= 15 is 0 Å². The van der Waals surface area contributed by atoms with Crippen LogP contribution in [0.4, 0.5) is 0 Å². The predicted molar refractivity (Wildman–Crippen MR) is 83.6 cm³/mol. The summed E-state index contributed by atoms with van der Waals surface area (Å²) >= 11 is 0. The molecule has 0 aromatic carbocycles. The van der Waals surface area contributed by atoms with Gasteiger partial charge in [0.1, 0.15) is 0 Å². The first-order chi connectivity index (χ1) is 9.59. The quantitative estimate of drug-likeness (QED) is 0.839. The van der Waals surface area contributed by atoms with E-state index in [4.69, 9.17) is 0 Å². The summed E-state index contributed by atoms with van der Waals surface area (Å²) in [5, 5.41) is 3.27. The van der Waals surface area contributed by atoms with Crippen molar-refractivity contribution in [3.63, 3.8) is 0 Å². The number of carbonyl (C=O) groups is 1. The van der Waals surface area contributed by atoms with Gasteiger partial charge in [0.05, 0.1) is 0 Å². The molecule has 1 saturated heterocycles. The highest BCUT2D eigenvalue weighted by Crippen LogP contribution is 2.45. The number of amides is 1. The number of likely N-dealkylation sites (N-methyl/N-ethyl adjacent to an activating group) is 1. The molecule has 3 nitrogen and oxygen atoms in total. The summed E-state index contributed by atoms with van der Waals surface area (Å²) in [6, 6.07) is 0.422. The maximum Gasteiger partial charge on any atom is 0.229 e. The molecule has 1 saturated carbocycles. The molecule has 1 heterocycles. The van der Waals surface area contributed by atoms with Crippen molar-refractivity contribution in [1.29, 1.82) is 0 Å². The second-order valence-electron chi connectivity index (χ2n) is 7.29. The molecule has 2 rings (SSSR count). The first-order valence-electron chi connectivity index (χ1n) is 8.55. The van der Waals surface area contributed by atoms with Crippen LogP contribution in [0.5, 0.6) is 0 Å². The highest BCUT2D eigenvalue weighted by Gasteiger charge is 2.45. The van der Waals surface area contributed by atoms with Gasteiger partial charge in [-0.25, -0.2) is 0 Å². The Balaban J connectivity index is 2.13. The van der Waals surface area contributed by atoms with Gasteiger partial charge >= 0.3 is 0 Å². The minimum absolute atomic E-state index is 0.0303. The van der Waals surface area contributed by atoms with Gasteiger partial charge in [-0.1, -0.05) is 26.7 Å². The number of hydrogen-bond acceptors (Lipinski definition) is 2. The monoisotopic (exact) mass is 280 g/mol. The molecule has 0 radical (unpaired) electrons. The van der Waals surface area contributed by atoms with Crippen LogP contribution in [0.25, 0.3) is 0 Å². The fourth-order valence-corrected chi connectivity index (χ4v) is 4.36. The van der Waals surface area contributed by atoms with Crippen molar-refractivity contribution in [3.8, 4) is 0 Å². The average Bonchev–Trinajstić information content (AvgIpc) is 2.88. The van der Waals surface area contributed by atoms with Crippen LogP contribution >= 0.6 is 0 Å². The van der Waals surface area contributed by atoms with Gasteiger partial charge < -0.3 is 10.2 Å². The molecule has 1 unspecified atom stereocenters. The number of carbonyl (C=O) groups excluding carboxylic acids is 1. The van der Waals surface area contributed by atoms with Crippen LogP contribution in [0.1, 0.15) is 65.2 Å². The van der Waals surface area contributed by atoms with Crippen molar-refractivity contribution in [2.75, 3.05) is 20.1 Å². The van der Waals surface area contributed by atoms with Gasteiger partial charge in [-0.15, -0.1) is 0 Å². The van der Waals surface area contributed by atoms with Gasteiger partial charge in [0, 0.05) is 24.5 Å². The van der Waals surface area contributed by atoms with Gasteiger partial charge in [-0.05, 0) is 51.5 Å². The summed E-state index contributed by atoms with van der Waals surface area (Å²) in [5.41, 5.74) is -0.0303. The van der Waals surface area contributed by atoms with Crippen LogP contribution in [0.3, 0.4) is 0 Å². The van der Waals surface area contributed by atoms with E-state index in [9.17, 15) is 4.79 Å². The lowest BCUT2D eigenvalue weighted by Gasteiger charge is -2.42. The van der Waals surface area contributed by atoms with Crippen molar-refractivity contribution < 1.29 is 4.79 Å². The molecule has 1 atom stereocenters. The maximum absolute atomic E-state index is 13.2. The Labute approximate surface area is 124 Å². The number of rotatable bonds is 5. The first-order valence-corrected chi connectivity index (χ1v) is 8.55. The molecule has 0 aromatic rings. The third-order valence-electron chi connectivity index (χ3n) is 5.14. The van der Waals surface area contributed by atoms with E-state index in [-0.39, 0.29) is 5.41 Å². The van der Waals surface area contributed by atoms with Crippen molar-refractivity contribution in [1.82, 2.24) is 10.2 Å². The second-order valence-corrected chi connectivity index (χ2v) is 7.29. The van der Waals surface area contributed by atoms with E-state index in [1.165, 1.54) is 32.1 Å². The number of nitrogens with one attached hydrogen (secondary N) is 1. The zero-order chi connectivity index (χ0) is 14.6. The molecule has 1 amide bonds. The minimum Gasteiger partial charge on any atom is -0.338 e. The third kappa shape index (κ3) is 3.36. The molecule has 2 aliphatic rings. The summed E-state index contributed by atoms with van der Waals surface area (Å²) in [4.78, 5) is 15.5. The Bertz CT molecular complexity index is 319. The van der Waals surface area contributed by atoms with Gasteiger partial charge in [-0.3, -0.25) is 4.79 Å². The molecule has 2 fully saturated rings. The van der Waals surface area contributed by atoms with Gasteiger partial charge in [0.15, 0.2) is 0 Å². The summed E-state index contributed by atoms with van der Waals surface area (Å²) in [5.74, 6) is 1.09. The number of likely N-dealkylation sites (tertiary alicyclic amines) is 1. The normalized spacial score (nSPS) is 26.2. The Kier molecular flexibility index (Phi) is 5.48. The summed E-state index contributed by atoms with van der Waals surface area (Å²) < 4.78 is 0. The van der Waals surface area contributed by atoms with Crippen molar-refractivity contribution >= 4 is 5.91 Å². The fourth-order valence-electron chi connectivity index (χ4n) is 4.36.